The van der Waals surface area contributed by atoms with E-state index in [9.17, 15) is 24.6 Å². The minimum atomic E-state index is -1.34. The predicted octanol–water partition coefficient (Wildman–Crippen LogP) is 3.55. The molecule has 1 aromatic heterocycles. The number of H-pyrrole nitrogens is 1. The number of ether oxygens (including phenoxy) is 1. The van der Waals surface area contributed by atoms with E-state index in [1.807, 2.05) is 36.4 Å². The lowest BCUT2D eigenvalue weighted by Gasteiger charge is -2.19. The van der Waals surface area contributed by atoms with Crippen LogP contribution in [-0.2, 0) is 4.74 Å². The molecule has 9 heteroatoms. The average molecular weight is 515 g/mol. The van der Waals surface area contributed by atoms with Crippen molar-refractivity contribution in [2.24, 2.45) is 0 Å². The summed E-state index contributed by atoms with van der Waals surface area (Å²) >= 11 is 0. The highest BCUT2D eigenvalue weighted by atomic mass is 16.5. The van der Waals surface area contributed by atoms with E-state index in [1.54, 1.807) is 0 Å². The van der Waals surface area contributed by atoms with Crippen LogP contribution in [0.5, 0.6) is 0 Å². The number of hydrogen-bond acceptors (Lipinski definition) is 6. The standard InChI is InChI=1S/C29H26N2O7/c32-25(26(33)16-9-10-21-24(13-16)31-14-22(27(21)34)28(35)36)11-12-30-29(37)38-15-23-19-7-3-1-5-17(19)18-6-2-4-8-20(18)23/h1-10,13-14,23,25-26,32-33H,11-12,15H2,(H,30,37)(H,31,34)(H,35,36). The van der Waals surface area contributed by atoms with Crippen LogP contribution in [0.2, 0.25) is 0 Å². The Labute approximate surface area is 217 Å². The summed E-state index contributed by atoms with van der Waals surface area (Å²) in [6.07, 6.45) is -1.96. The molecule has 9 nitrogen and oxygen atoms in total. The monoisotopic (exact) mass is 514 g/mol. The summed E-state index contributed by atoms with van der Waals surface area (Å²) in [6.45, 7) is 0.241. The number of fused-ring (bicyclic) bond motifs is 4. The van der Waals surface area contributed by atoms with Gasteiger partial charge in [0.15, 0.2) is 0 Å². The molecule has 1 heterocycles. The second-order valence-corrected chi connectivity index (χ2v) is 9.19. The lowest BCUT2D eigenvalue weighted by Crippen LogP contribution is -2.30. The van der Waals surface area contributed by atoms with Gasteiger partial charge in [-0.15, -0.1) is 0 Å². The maximum atomic E-state index is 12.3. The van der Waals surface area contributed by atoms with Crippen LogP contribution >= 0.6 is 0 Å². The van der Waals surface area contributed by atoms with Gasteiger partial charge in [0.1, 0.15) is 18.3 Å². The number of aromatic nitrogens is 1. The first-order valence-electron chi connectivity index (χ1n) is 12.2. The fraction of sp³-hybridized carbons (Fsp3) is 0.207. The Bertz CT molecular complexity index is 1530. The first kappa shape index (κ1) is 25.2. The van der Waals surface area contributed by atoms with Crippen molar-refractivity contribution >= 4 is 23.0 Å². The van der Waals surface area contributed by atoms with Crippen molar-refractivity contribution in [2.45, 2.75) is 24.5 Å². The van der Waals surface area contributed by atoms with Gasteiger partial charge in [-0.1, -0.05) is 54.6 Å². The van der Waals surface area contributed by atoms with Gasteiger partial charge in [0.25, 0.3) is 0 Å². The number of aliphatic hydroxyl groups excluding tert-OH is 2. The van der Waals surface area contributed by atoms with E-state index in [0.29, 0.717) is 11.1 Å². The number of carboxylic acids is 1. The first-order chi connectivity index (χ1) is 18.3. The topological polar surface area (TPSA) is 149 Å². The third-order valence-corrected chi connectivity index (χ3v) is 6.89. The number of aliphatic hydroxyl groups is 2. The van der Waals surface area contributed by atoms with Crippen molar-refractivity contribution in [3.63, 3.8) is 0 Å². The van der Waals surface area contributed by atoms with Crippen molar-refractivity contribution in [1.82, 2.24) is 10.3 Å². The minimum absolute atomic E-state index is 0.0534. The Morgan fingerprint density at radius 2 is 1.63 bits per heavy atom. The van der Waals surface area contributed by atoms with Crippen molar-refractivity contribution in [3.05, 3.63) is 105 Å². The number of alkyl carbamates (subject to hydrolysis) is 1. The van der Waals surface area contributed by atoms with Crippen LogP contribution in [0.1, 0.15) is 45.5 Å². The number of carbonyl (C=O) groups is 2. The molecule has 5 N–H and O–H groups in total. The molecule has 5 rings (SSSR count). The number of amides is 1. The van der Waals surface area contributed by atoms with Crippen LogP contribution in [0.15, 0.2) is 77.7 Å². The van der Waals surface area contributed by atoms with Crippen LogP contribution in [0.4, 0.5) is 4.79 Å². The van der Waals surface area contributed by atoms with Crippen molar-refractivity contribution in [1.29, 1.82) is 0 Å². The molecular formula is C29H26N2O7. The SMILES string of the molecule is O=C(NCCC(O)C(O)c1ccc2c(=O)c(C(=O)O)c[nH]c2c1)OCC1c2ccccc2-c2ccccc21. The summed E-state index contributed by atoms with van der Waals surface area (Å²) in [5.41, 5.74) is 4.13. The predicted molar refractivity (Wildman–Crippen MR) is 140 cm³/mol. The molecule has 0 fully saturated rings. The number of hydrogen-bond donors (Lipinski definition) is 5. The molecule has 0 saturated heterocycles. The third-order valence-electron chi connectivity index (χ3n) is 6.89. The second kappa shape index (κ2) is 10.5. The number of aromatic carboxylic acids is 1. The number of nitrogens with one attached hydrogen (secondary N) is 2. The fourth-order valence-corrected chi connectivity index (χ4v) is 4.93. The van der Waals surface area contributed by atoms with Gasteiger partial charge in [0.2, 0.25) is 5.43 Å². The average Bonchev–Trinajstić information content (AvgIpc) is 3.24. The van der Waals surface area contributed by atoms with Crippen LogP contribution in [0.3, 0.4) is 0 Å². The maximum absolute atomic E-state index is 12.3. The number of rotatable bonds is 8. The minimum Gasteiger partial charge on any atom is -0.477 e. The van der Waals surface area contributed by atoms with E-state index in [4.69, 9.17) is 9.84 Å². The van der Waals surface area contributed by atoms with E-state index in [0.717, 1.165) is 28.5 Å². The Balaban J connectivity index is 1.15. The highest BCUT2D eigenvalue weighted by Crippen LogP contribution is 2.44. The number of carbonyl (C=O) groups excluding carboxylic acids is 1. The fourth-order valence-electron chi connectivity index (χ4n) is 4.93. The van der Waals surface area contributed by atoms with Gasteiger partial charge in [-0.05, 0) is 46.4 Å². The Morgan fingerprint density at radius 1 is 0.974 bits per heavy atom. The lowest BCUT2D eigenvalue weighted by molar-refractivity contribution is 0.0137. The molecule has 4 aromatic rings. The van der Waals surface area contributed by atoms with Crippen LogP contribution in [0.25, 0.3) is 22.0 Å². The van der Waals surface area contributed by atoms with Gasteiger partial charge in [0.05, 0.1) is 6.10 Å². The van der Waals surface area contributed by atoms with Gasteiger partial charge >= 0.3 is 12.1 Å². The highest BCUT2D eigenvalue weighted by Gasteiger charge is 2.29. The maximum Gasteiger partial charge on any atom is 0.407 e. The molecule has 0 saturated carbocycles. The normalized spacial score (nSPS) is 13.9. The Kier molecular flexibility index (Phi) is 6.95. The van der Waals surface area contributed by atoms with E-state index in [2.05, 4.69) is 22.4 Å². The van der Waals surface area contributed by atoms with Gasteiger partial charge in [0, 0.05) is 29.6 Å². The number of aromatic amines is 1. The zero-order valence-corrected chi connectivity index (χ0v) is 20.3. The van der Waals surface area contributed by atoms with Gasteiger partial charge in [-0.2, -0.15) is 0 Å². The Hall–Kier alpha value is -4.47. The quantitative estimate of drug-likeness (QED) is 0.241. The van der Waals surface area contributed by atoms with Crippen molar-refractivity contribution in [3.8, 4) is 11.1 Å². The lowest BCUT2D eigenvalue weighted by atomic mass is 9.98. The molecule has 0 aliphatic heterocycles. The summed E-state index contributed by atoms with van der Waals surface area (Å²) in [4.78, 5) is 38.5. The largest absolute Gasteiger partial charge is 0.477 e. The zero-order valence-electron chi connectivity index (χ0n) is 20.3. The highest BCUT2D eigenvalue weighted by molar-refractivity contribution is 5.92. The molecule has 2 atom stereocenters. The zero-order chi connectivity index (χ0) is 26.8. The van der Waals surface area contributed by atoms with Gasteiger partial charge in [-0.25, -0.2) is 9.59 Å². The van der Waals surface area contributed by atoms with Gasteiger partial charge < -0.3 is 30.4 Å². The summed E-state index contributed by atoms with van der Waals surface area (Å²) in [6, 6.07) is 20.4. The van der Waals surface area contributed by atoms with E-state index in [1.165, 1.54) is 18.2 Å². The molecule has 0 spiro atoms. The van der Waals surface area contributed by atoms with Crippen LogP contribution in [-0.4, -0.2) is 51.6 Å². The summed E-state index contributed by atoms with van der Waals surface area (Å²) in [7, 11) is 0. The van der Waals surface area contributed by atoms with E-state index < -0.39 is 29.7 Å². The number of benzene rings is 3. The summed E-state index contributed by atoms with van der Waals surface area (Å²) in [5, 5.41) is 32.9. The van der Waals surface area contributed by atoms with E-state index in [-0.39, 0.29) is 36.4 Å². The number of pyridine rings is 1. The van der Waals surface area contributed by atoms with Crippen LogP contribution in [0, 0.1) is 0 Å². The molecule has 38 heavy (non-hydrogen) atoms. The molecule has 194 valence electrons. The first-order valence-corrected chi connectivity index (χ1v) is 12.2. The molecule has 0 radical (unpaired) electrons. The summed E-state index contributed by atoms with van der Waals surface area (Å²) < 4.78 is 5.48. The van der Waals surface area contributed by atoms with Crippen LogP contribution < -0.4 is 10.7 Å². The molecule has 1 aliphatic rings. The smallest absolute Gasteiger partial charge is 0.407 e. The van der Waals surface area contributed by atoms with Crippen molar-refractivity contribution in [2.75, 3.05) is 13.2 Å². The molecular weight excluding hydrogens is 488 g/mol. The molecule has 1 amide bonds. The van der Waals surface area contributed by atoms with E-state index >= 15 is 0 Å². The number of carboxylic acid groups (broad SMARTS) is 1. The third kappa shape index (κ3) is 4.77. The molecule has 0 bridgehead atoms. The molecule has 3 aromatic carbocycles. The molecule has 1 aliphatic carbocycles. The second-order valence-electron chi connectivity index (χ2n) is 9.19. The van der Waals surface area contributed by atoms with Gasteiger partial charge in [-0.3, -0.25) is 4.79 Å². The summed E-state index contributed by atoms with van der Waals surface area (Å²) in [5.74, 6) is -1.40. The van der Waals surface area contributed by atoms with Crippen molar-refractivity contribution < 1.29 is 29.6 Å². The Morgan fingerprint density at radius 3 is 2.29 bits per heavy atom. The molecule has 2 unspecified atom stereocenters.